The number of amides is 2. The molecule has 144 valence electrons. The predicted octanol–water partition coefficient (Wildman–Crippen LogP) is 0.918. The molecule has 2 saturated heterocycles. The first-order valence-corrected chi connectivity index (χ1v) is 9.29. The molecule has 0 N–H and O–H groups in total. The van der Waals surface area contributed by atoms with Crippen LogP contribution in [0.5, 0.6) is 5.88 Å². The van der Waals surface area contributed by atoms with E-state index in [1.54, 1.807) is 24.9 Å². The first kappa shape index (κ1) is 18.7. The van der Waals surface area contributed by atoms with E-state index in [1.165, 1.54) is 0 Å². The van der Waals surface area contributed by atoms with Crippen LogP contribution in [0.3, 0.4) is 0 Å². The Morgan fingerprint density at radius 3 is 2.81 bits per heavy atom. The number of methoxy groups -OCH3 is 1. The molecule has 26 heavy (non-hydrogen) atoms. The fourth-order valence-corrected chi connectivity index (χ4v) is 4.06. The molecule has 8 heteroatoms. The van der Waals surface area contributed by atoms with Crippen molar-refractivity contribution in [3.63, 3.8) is 0 Å². The van der Waals surface area contributed by atoms with Crippen LogP contribution in [-0.4, -0.2) is 77.4 Å². The van der Waals surface area contributed by atoms with Crippen LogP contribution in [0.1, 0.15) is 36.7 Å². The van der Waals surface area contributed by atoms with E-state index in [1.807, 2.05) is 16.7 Å². The van der Waals surface area contributed by atoms with Gasteiger partial charge in [-0.3, -0.25) is 9.59 Å². The van der Waals surface area contributed by atoms with E-state index in [0.29, 0.717) is 37.2 Å². The van der Waals surface area contributed by atoms with E-state index < -0.39 is 0 Å². The normalized spacial score (nSPS) is 22.9. The summed E-state index contributed by atoms with van der Waals surface area (Å²) in [5.74, 6) is 0.881. The lowest BCUT2D eigenvalue weighted by atomic mass is 9.83. The lowest BCUT2D eigenvalue weighted by Crippen LogP contribution is -2.57. The van der Waals surface area contributed by atoms with Gasteiger partial charge in [0, 0.05) is 45.4 Å². The first-order chi connectivity index (χ1) is 12.5. The number of hydrogen-bond acceptors (Lipinski definition) is 5. The molecule has 1 aromatic heterocycles. The topological polar surface area (TPSA) is 76.9 Å². The van der Waals surface area contributed by atoms with Crippen LogP contribution in [0, 0.1) is 5.92 Å². The number of likely N-dealkylation sites (tertiary alicyclic amines) is 2. The number of carbonyl (C=O) groups excluding carboxylic acids is 2. The zero-order chi connectivity index (χ0) is 18.7. The summed E-state index contributed by atoms with van der Waals surface area (Å²) in [7, 11) is 3.33. The second-order valence-corrected chi connectivity index (χ2v) is 6.93. The van der Waals surface area contributed by atoms with Gasteiger partial charge in [-0.1, -0.05) is 0 Å². The molecule has 2 aliphatic rings. The van der Waals surface area contributed by atoms with Crippen molar-refractivity contribution in [3.05, 3.63) is 11.8 Å². The molecule has 0 radical (unpaired) electrons. The zero-order valence-electron chi connectivity index (χ0n) is 15.8. The number of aryl methyl sites for hydroxylation is 1. The average Bonchev–Trinajstić information content (AvgIpc) is 3.05. The second-order valence-electron chi connectivity index (χ2n) is 6.93. The second kappa shape index (κ2) is 8.07. The van der Waals surface area contributed by atoms with Crippen LogP contribution in [-0.2, 0) is 16.6 Å². The number of ether oxygens (including phenoxy) is 2. The van der Waals surface area contributed by atoms with Crippen molar-refractivity contribution >= 4 is 11.8 Å². The molecule has 2 unspecified atom stereocenters. The molecule has 2 amide bonds. The highest BCUT2D eigenvalue weighted by Gasteiger charge is 2.40. The maximum Gasteiger partial charge on any atom is 0.274 e. The number of aromatic nitrogens is 2. The maximum atomic E-state index is 13.0. The minimum absolute atomic E-state index is 0.0446. The summed E-state index contributed by atoms with van der Waals surface area (Å²) < 4.78 is 12.0. The average molecular weight is 364 g/mol. The Balaban J connectivity index is 1.67. The SMILES string of the molecule is CCOCC(=O)N1CCC2C(CCCN2C(=O)c2cc(OC)n(C)n2)C1. The van der Waals surface area contributed by atoms with Gasteiger partial charge in [0.05, 0.1) is 7.11 Å². The third-order valence-electron chi connectivity index (χ3n) is 5.38. The Labute approximate surface area is 154 Å². The van der Waals surface area contributed by atoms with Gasteiger partial charge in [0.25, 0.3) is 5.91 Å². The number of rotatable bonds is 5. The molecular formula is C18H28N4O4. The van der Waals surface area contributed by atoms with Gasteiger partial charge in [-0.05, 0) is 32.1 Å². The Hall–Kier alpha value is -2.09. The Morgan fingerprint density at radius 1 is 1.31 bits per heavy atom. The van der Waals surface area contributed by atoms with Crippen molar-refractivity contribution in [2.75, 3.05) is 40.0 Å². The van der Waals surface area contributed by atoms with E-state index in [0.717, 1.165) is 25.8 Å². The molecule has 3 heterocycles. The van der Waals surface area contributed by atoms with Gasteiger partial charge in [-0.2, -0.15) is 5.10 Å². The van der Waals surface area contributed by atoms with Crippen LogP contribution in [0.25, 0.3) is 0 Å². The summed E-state index contributed by atoms with van der Waals surface area (Å²) in [5.41, 5.74) is 0.417. The third kappa shape index (κ3) is 3.70. The molecule has 0 bridgehead atoms. The van der Waals surface area contributed by atoms with Crippen molar-refractivity contribution in [1.29, 1.82) is 0 Å². The molecule has 2 fully saturated rings. The molecule has 3 rings (SSSR count). The maximum absolute atomic E-state index is 13.0. The molecule has 0 saturated carbocycles. The highest BCUT2D eigenvalue weighted by molar-refractivity contribution is 5.93. The van der Waals surface area contributed by atoms with Crippen molar-refractivity contribution < 1.29 is 19.1 Å². The van der Waals surface area contributed by atoms with Crippen molar-refractivity contribution in [2.45, 2.75) is 32.2 Å². The molecule has 1 aromatic rings. The van der Waals surface area contributed by atoms with Gasteiger partial charge in [-0.25, -0.2) is 4.68 Å². The van der Waals surface area contributed by atoms with Crippen LogP contribution >= 0.6 is 0 Å². The van der Waals surface area contributed by atoms with Crippen molar-refractivity contribution in [3.8, 4) is 5.88 Å². The molecule has 2 atom stereocenters. The lowest BCUT2D eigenvalue weighted by Gasteiger charge is -2.47. The fourth-order valence-electron chi connectivity index (χ4n) is 4.06. The number of nitrogens with zero attached hydrogens (tertiary/aromatic N) is 4. The number of fused-ring (bicyclic) bond motifs is 1. The van der Waals surface area contributed by atoms with Gasteiger partial charge in [0.1, 0.15) is 6.61 Å². The van der Waals surface area contributed by atoms with Gasteiger partial charge in [0.2, 0.25) is 11.8 Å². The van der Waals surface area contributed by atoms with Gasteiger partial charge in [0.15, 0.2) is 5.69 Å². The summed E-state index contributed by atoms with van der Waals surface area (Å²) in [5, 5.41) is 4.29. The first-order valence-electron chi connectivity index (χ1n) is 9.29. The monoisotopic (exact) mass is 364 g/mol. The summed E-state index contributed by atoms with van der Waals surface area (Å²) in [4.78, 5) is 29.1. The van der Waals surface area contributed by atoms with Crippen LogP contribution in [0.2, 0.25) is 0 Å². The Morgan fingerprint density at radius 2 is 2.12 bits per heavy atom. The van der Waals surface area contributed by atoms with Gasteiger partial charge >= 0.3 is 0 Å². The largest absolute Gasteiger partial charge is 0.481 e. The summed E-state index contributed by atoms with van der Waals surface area (Å²) in [6, 6.07) is 1.85. The predicted molar refractivity (Wildman–Crippen MR) is 95.0 cm³/mol. The summed E-state index contributed by atoms with van der Waals surface area (Å²) in [6.07, 6.45) is 2.79. The van der Waals surface area contributed by atoms with Crippen LogP contribution < -0.4 is 4.74 Å². The smallest absolute Gasteiger partial charge is 0.274 e. The standard InChI is InChI=1S/C18H28N4O4/c1-4-26-12-16(23)21-9-7-15-13(11-21)6-5-8-22(15)18(24)14-10-17(25-3)20(2)19-14/h10,13,15H,4-9,11-12H2,1-3H3. The summed E-state index contributed by atoms with van der Waals surface area (Å²) in [6.45, 7) is 4.68. The third-order valence-corrected chi connectivity index (χ3v) is 5.38. The fraction of sp³-hybridized carbons (Fsp3) is 0.722. The van der Waals surface area contributed by atoms with Crippen molar-refractivity contribution in [1.82, 2.24) is 19.6 Å². The molecule has 8 nitrogen and oxygen atoms in total. The lowest BCUT2D eigenvalue weighted by molar-refractivity contribution is -0.139. The minimum atomic E-state index is -0.0484. The van der Waals surface area contributed by atoms with Gasteiger partial charge < -0.3 is 19.3 Å². The molecule has 0 aromatic carbocycles. The number of piperidine rings is 2. The molecule has 0 aliphatic carbocycles. The van der Waals surface area contributed by atoms with Crippen LogP contribution in [0.15, 0.2) is 6.07 Å². The highest BCUT2D eigenvalue weighted by atomic mass is 16.5. The van der Waals surface area contributed by atoms with E-state index >= 15 is 0 Å². The van der Waals surface area contributed by atoms with E-state index in [-0.39, 0.29) is 24.5 Å². The molecule has 2 aliphatic heterocycles. The number of carbonyl (C=O) groups is 2. The number of hydrogen-bond donors (Lipinski definition) is 0. The van der Waals surface area contributed by atoms with E-state index in [2.05, 4.69) is 5.10 Å². The van der Waals surface area contributed by atoms with E-state index in [9.17, 15) is 9.59 Å². The van der Waals surface area contributed by atoms with E-state index in [4.69, 9.17) is 9.47 Å². The molecular weight excluding hydrogens is 336 g/mol. The highest BCUT2D eigenvalue weighted by Crippen LogP contribution is 2.32. The van der Waals surface area contributed by atoms with Gasteiger partial charge in [-0.15, -0.1) is 0 Å². The zero-order valence-corrected chi connectivity index (χ0v) is 15.8. The minimum Gasteiger partial charge on any atom is -0.481 e. The molecule has 0 spiro atoms. The Bertz CT molecular complexity index is 660. The Kier molecular flexibility index (Phi) is 5.80. The quantitative estimate of drug-likeness (QED) is 0.776. The van der Waals surface area contributed by atoms with Crippen molar-refractivity contribution in [2.24, 2.45) is 13.0 Å². The van der Waals surface area contributed by atoms with Crippen LogP contribution in [0.4, 0.5) is 0 Å². The summed E-state index contributed by atoms with van der Waals surface area (Å²) >= 11 is 0.